The number of rotatable bonds is 2. The second-order valence-electron chi connectivity index (χ2n) is 5.27. The van der Waals surface area contributed by atoms with Gasteiger partial charge < -0.3 is 10.2 Å². The summed E-state index contributed by atoms with van der Waals surface area (Å²) in [6, 6.07) is 11.0. The molecule has 4 heteroatoms. The molecule has 1 aromatic heterocycles. The van der Waals surface area contributed by atoms with Crippen LogP contribution in [-0.4, -0.2) is 29.6 Å². The summed E-state index contributed by atoms with van der Waals surface area (Å²) in [5, 5.41) is 3.58. The van der Waals surface area contributed by atoms with E-state index in [2.05, 4.69) is 57.4 Å². The largest absolute Gasteiger partial charge is 0.353 e. The van der Waals surface area contributed by atoms with Crippen LogP contribution >= 0.6 is 0 Å². The highest BCUT2D eigenvalue weighted by Gasteiger charge is 2.22. The molecule has 104 valence electrons. The molecule has 1 fully saturated rings. The number of nitrogens with zero attached hydrogens (tertiary/aromatic N) is 3. The number of benzene rings is 1. The van der Waals surface area contributed by atoms with E-state index < -0.39 is 0 Å². The number of aromatic nitrogens is 2. The molecule has 1 aliphatic rings. The van der Waals surface area contributed by atoms with Gasteiger partial charge in [0.1, 0.15) is 12.1 Å². The van der Waals surface area contributed by atoms with Crippen molar-refractivity contribution in [2.24, 2.45) is 0 Å². The van der Waals surface area contributed by atoms with Crippen molar-refractivity contribution in [3.8, 4) is 0 Å². The molecule has 0 aliphatic carbocycles. The minimum atomic E-state index is 0.361. The van der Waals surface area contributed by atoms with E-state index in [-0.39, 0.29) is 0 Å². The molecule has 20 heavy (non-hydrogen) atoms. The predicted molar refractivity (Wildman–Crippen MR) is 80.9 cm³/mol. The van der Waals surface area contributed by atoms with Crippen LogP contribution in [0.1, 0.15) is 22.9 Å². The van der Waals surface area contributed by atoms with Gasteiger partial charge in [0, 0.05) is 36.9 Å². The summed E-state index contributed by atoms with van der Waals surface area (Å²) in [7, 11) is 0. The minimum absolute atomic E-state index is 0.361. The van der Waals surface area contributed by atoms with E-state index in [1.165, 1.54) is 11.1 Å². The van der Waals surface area contributed by atoms with Crippen LogP contribution in [0.5, 0.6) is 0 Å². The second kappa shape index (κ2) is 5.59. The zero-order valence-electron chi connectivity index (χ0n) is 12.0. The Morgan fingerprint density at radius 2 is 1.95 bits per heavy atom. The topological polar surface area (TPSA) is 41.1 Å². The first kappa shape index (κ1) is 13.1. The molecule has 0 saturated carbocycles. The Hall–Kier alpha value is -1.94. The molecule has 3 rings (SSSR count). The zero-order chi connectivity index (χ0) is 13.9. The van der Waals surface area contributed by atoms with Crippen molar-refractivity contribution in [2.45, 2.75) is 19.9 Å². The number of hydrogen-bond donors (Lipinski definition) is 1. The normalized spacial score (nSPS) is 19.1. The number of aryl methyl sites for hydroxylation is 1. The van der Waals surface area contributed by atoms with Gasteiger partial charge in [-0.15, -0.1) is 0 Å². The Kier molecular flexibility index (Phi) is 3.65. The molecule has 4 nitrogen and oxygen atoms in total. The summed E-state index contributed by atoms with van der Waals surface area (Å²) in [4.78, 5) is 11.1. The van der Waals surface area contributed by atoms with Gasteiger partial charge in [-0.25, -0.2) is 9.97 Å². The van der Waals surface area contributed by atoms with E-state index in [0.717, 1.165) is 31.1 Å². The van der Waals surface area contributed by atoms with Crippen LogP contribution in [-0.2, 0) is 0 Å². The van der Waals surface area contributed by atoms with Gasteiger partial charge in [0.25, 0.3) is 0 Å². The van der Waals surface area contributed by atoms with Crippen LogP contribution in [0.3, 0.4) is 0 Å². The van der Waals surface area contributed by atoms with E-state index in [1.807, 2.05) is 6.92 Å². The molecule has 1 saturated heterocycles. The SMILES string of the molecule is Cc1ncnc(N2CCN[C@@H](c3ccccc3)C2)c1C. The lowest BCUT2D eigenvalue weighted by molar-refractivity contribution is 0.469. The van der Waals surface area contributed by atoms with Gasteiger partial charge in [-0.2, -0.15) is 0 Å². The van der Waals surface area contributed by atoms with Gasteiger partial charge >= 0.3 is 0 Å². The van der Waals surface area contributed by atoms with Crippen molar-refractivity contribution in [3.05, 3.63) is 53.5 Å². The first-order chi connectivity index (χ1) is 9.75. The third kappa shape index (κ3) is 2.51. The molecule has 0 amide bonds. The van der Waals surface area contributed by atoms with Crippen molar-refractivity contribution in [2.75, 3.05) is 24.5 Å². The molecule has 2 heterocycles. The quantitative estimate of drug-likeness (QED) is 0.907. The van der Waals surface area contributed by atoms with Crippen LogP contribution in [0.25, 0.3) is 0 Å². The number of nitrogens with one attached hydrogen (secondary N) is 1. The van der Waals surface area contributed by atoms with E-state index >= 15 is 0 Å². The van der Waals surface area contributed by atoms with Gasteiger partial charge in [-0.3, -0.25) is 0 Å². The van der Waals surface area contributed by atoms with Gasteiger partial charge in [-0.1, -0.05) is 30.3 Å². The fraction of sp³-hybridized carbons (Fsp3) is 0.375. The smallest absolute Gasteiger partial charge is 0.135 e. The van der Waals surface area contributed by atoms with Crippen LogP contribution in [0.4, 0.5) is 5.82 Å². The summed E-state index contributed by atoms with van der Waals surface area (Å²) in [5.74, 6) is 1.07. The molecule has 1 aliphatic heterocycles. The van der Waals surface area contributed by atoms with Crippen molar-refractivity contribution in [1.82, 2.24) is 15.3 Å². The summed E-state index contributed by atoms with van der Waals surface area (Å²) in [6.07, 6.45) is 1.66. The molecule has 0 spiro atoms. The Morgan fingerprint density at radius 3 is 2.75 bits per heavy atom. The third-order valence-corrected chi connectivity index (χ3v) is 3.99. The maximum atomic E-state index is 4.48. The minimum Gasteiger partial charge on any atom is -0.353 e. The molecule has 1 N–H and O–H groups in total. The van der Waals surface area contributed by atoms with E-state index in [1.54, 1.807) is 6.33 Å². The standard InChI is InChI=1S/C16H20N4/c1-12-13(2)18-11-19-16(12)20-9-8-17-15(10-20)14-6-4-3-5-7-14/h3-7,11,15,17H,8-10H2,1-2H3/t15-/m1/s1. The van der Waals surface area contributed by atoms with Crippen LogP contribution < -0.4 is 10.2 Å². The first-order valence-corrected chi connectivity index (χ1v) is 7.07. The fourth-order valence-corrected chi connectivity index (χ4v) is 2.70. The molecular weight excluding hydrogens is 248 g/mol. The molecule has 0 radical (unpaired) electrons. The third-order valence-electron chi connectivity index (χ3n) is 3.99. The number of piperazine rings is 1. The average Bonchev–Trinajstić information content (AvgIpc) is 2.51. The number of anilines is 1. The highest BCUT2D eigenvalue weighted by molar-refractivity contribution is 5.48. The van der Waals surface area contributed by atoms with Gasteiger partial charge in [0.05, 0.1) is 0 Å². The lowest BCUT2D eigenvalue weighted by atomic mass is 10.0. The predicted octanol–water partition coefficient (Wildman–Crippen LogP) is 2.24. The summed E-state index contributed by atoms with van der Waals surface area (Å²) >= 11 is 0. The summed E-state index contributed by atoms with van der Waals surface area (Å²) < 4.78 is 0. The van der Waals surface area contributed by atoms with E-state index in [0.29, 0.717) is 6.04 Å². The van der Waals surface area contributed by atoms with Crippen molar-refractivity contribution < 1.29 is 0 Å². The summed E-state index contributed by atoms with van der Waals surface area (Å²) in [5.41, 5.74) is 3.58. The first-order valence-electron chi connectivity index (χ1n) is 7.07. The Bertz CT molecular complexity index is 582. The maximum Gasteiger partial charge on any atom is 0.135 e. The summed E-state index contributed by atoms with van der Waals surface area (Å²) in [6.45, 7) is 7.05. The van der Waals surface area contributed by atoms with Gasteiger partial charge in [-0.05, 0) is 19.4 Å². The average molecular weight is 268 g/mol. The van der Waals surface area contributed by atoms with Crippen LogP contribution in [0, 0.1) is 13.8 Å². The van der Waals surface area contributed by atoms with Crippen molar-refractivity contribution >= 4 is 5.82 Å². The Balaban J connectivity index is 1.83. The molecule has 0 unspecified atom stereocenters. The fourth-order valence-electron chi connectivity index (χ4n) is 2.70. The lowest BCUT2D eigenvalue weighted by Gasteiger charge is -2.35. The van der Waals surface area contributed by atoms with E-state index in [9.17, 15) is 0 Å². The second-order valence-corrected chi connectivity index (χ2v) is 5.27. The van der Waals surface area contributed by atoms with E-state index in [4.69, 9.17) is 0 Å². The maximum absolute atomic E-state index is 4.48. The monoisotopic (exact) mass is 268 g/mol. The highest BCUT2D eigenvalue weighted by atomic mass is 15.2. The highest BCUT2D eigenvalue weighted by Crippen LogP contribution is 2.24. The Labute approximate surface area is 119 Å². The molecular formula is C16H20N4. The number of hydrogen-bond acceptors (Lipinski definition) is 4. The molecule has 0 bridgehead atoms. The van der Waals surface area contributed by atoms with Gasteiger partial charge in [0.15, 0.2) is 0 Å². The lowest BCUT2D eigenvalue weighted by Crippen LogP contribution is -2.46. The van der Waals surface area contributed by atoms with Crippen molar-refractivity contribution in [1.29, 1.82) is 0 Å². The molecule has 1 aromatic carbocycles. The van der Waals surface area contributed by atoms with Gasteiger partial charge in [0.2, 0.25) is 0 Å². The van der Waals surface area contributed by atoms with Crippen LogP contribution in [0.15, 0.2) is 36.7 Å². The molecule has 1 atom stereocenters. The zero-order valence-corrected chi connectivity index (χ0v) is 12.0. The van der Waals surface area contributed by atoms with Crippen molar-refractivity contribution in [3.63, 3.8) is 0 Å². The van der Waals surface area contributed by atoms with Crippen LogP contribution in [0.2, 0.25) is 0 Å². The molecule has 2 aromatic rings. The Morgan fingerprint density at radius 1 is 1.15 bits per heavy atom.